The van der Waals surface area contributed by atoms with Crippen molar-refractivity contribution in [2.24, 2.45) is 15.9 Å². The molecular weight excluding hydrogens is 260 g/mol. The lowest BCUT2D eigenvalue weighted by atomic mass is 10.1. The fourth-order valence-corrected chi connectivity index (χ4v) is 0.936. The lowest BCUT2D eigenvalue weighted by Crippen LogP contribution is -1.93. The normalized spacial score (nSPS) is 11.3. The summed E-state index contributed by atoms with van der Waals surface area (Å²) in [5.74, 6) is 0.833. The number of aliphatic hydroxyl groups is 1. The summed E-state index contributed by atoms with van der Waals surface area (Å²) in [7, 11) is 1.70. The molecule has 0 rings (SSSR count). The molecule has 0 saturated carbocycles. The standard InChI is InChI=1S/C10H16N2O.C4H10.2C2H6/c1-8(5-6-11-3)10(12-4)9(2)7-13;1-4(2)3;2*1-2/h5-6,13H,4,7H2,1-3H3;4H,1-3H3;2*1-2H3/b8-5+,10-9+,11-6?;;;. The highest BCUT2D eigenvalue weighted by Gasteiger charge is 2.00. The highest BCUT2D eigenvalue weighted by molar-refractivity contribution is 5.73. The van der Waals surface area contributed by atoms with Gasteiger partial charge in [-0.1, -0.05) is 48.5 Å². The van der Waals surface area contributed by atoms with Crippen LogP contribution in [0, 0.1) is 5.92 Å². The van der Waals surface area contributed by atoms with Crippen molar-refractivity contribution >= 4 is 12.9 Å². The zero-order valence-corrected chi connectivity index (χ0v) is 16.0. The summed E-state index contributed by atoms with van der Waals surface area (Å²) in [5.41, 5.74) is 2.50. The molecule has 21 heavy (non-hydrogen) atoms. The van der Waals surface area contributed by atoms with Gasteiger partial charge in [-0.2, -0.15) is 0 Å². The second-order valence-corrected chi connectivity index (χ2v) is 4.43. The number of aliphatic imine (C=N–C) groups is 2. The first-order valence-corrected chi connectivity index (χ1v) is 7.77. The molecule has 0 aromatic rings. The molecule has 0 amide bonds. The molecule has 3 nitrogen and oxygen atoms in total. The van der Waals surface area contributed by atoms with Gasteiger partial charge in [-0.15, -0.1) is 0 Å². The molecule has 0 aliphatic rings. The fourth-order valence-electron chi connectivity index (χ4n) is 0.936. The second-order valence-electron chi connectivity index (χ2n) is 4.43. The van der Waals surface area contributed by atoms with Crippen LogP contribution in [0.2, 0.25) is 0 Å². The maximum absolute atomic E-state index is 8.90. The van der Waals surface area contributed by atoms with Gasteiger partial charge in [0.1, 0.15) is 0 Å². The first-order valence-electron chi connectivity index (χ1n) is 7.77. The van der Waals surface area contributed by atoms with E-state index in [4.69, 9.17) is 5.11 Å². The maximum Gasteiger partial charge on any atom is 0.0664 e. The molecule has 126 valence electrons. The van der Waals surface area contributed by atoms with Gasteiger partial charge < -0.3 is 5.11 Å². The van der Waals surface area contributed by atoms with Gasteiger partial charge in [0, 0.05) is 13.3 Å². The summed E-state index contributed by atoms with van der Waals surface area (Å²) in [5, 5.41) is 8.90. The van der Waals surface area contributed by atoms with Gasteiger partial charge in [-0.3, -0.25) is 9.98 Å². The summed E-state index contributed by atoms with van der Waals surface area (Å²) in [6.07, 6.45) is 3.52. The van der Waals surface area contributed by atoms with E-state index in [9.17, 15) is 0 Å². The van der Waals surface area contributed by atoms with E-state index in [1.807, 2.05) is 47.6 Å². The van der Waals surface area contributed by atoms with Crippen molar-refractivity contribution in [1.82, 2.24) is 0 Å². The Morgan fingerprint density at radius 1 is 1.10 bits per heavy atom. The smallest absolute Gasteiger partial charge is 0.0664 e. The molecule has 0 aliphatic carbocycles. The third kappa shape index (κ3) is 24.2. The van der Waals surface area contributed by atoms with Crippen LogP contribution in [0.5, 0.6) is 0 Å². The highest BCUT2D eigenvalue weighted by Crippen LogP contribution is 2.14. The van der Waals surface area contributed by atoms with Crippen molar-refractivity contribution in [3.8, 4) is 0 Å². The Kier molecular flexibility index (Phi) is 31.8. The van der Waals surface area contributed by atoms with E-state index in [0.717, 1.165) is 22.8 Å². The van der Waals surface area contributed by atoms with Gasteiger partial charge in [0.25, 0.3) is 0 Å². The minimum absolute atomic E-state index is 0.00278. The summed E-state index contributed by atoms with van der Waals surface area (Å²) in [6.45, 7) is 21.7. The summed E-state index contributed by atoms with van der Waals surface area (Å²) >= 11 is 0. The molecule has 0 bridgehead atoms. The Labute approximate surface area is 133 Å². The van der Waals surface area contributed by atoms with Crippen molar-refractivity contribution in [2.45, 2.75) is 62.3 Å². The molecular formula is C18H38N2O. The zero-order valence-electron chi connectivity index (χ0n) is 16.0. The van der Waals surface area contributed by atoms with Gasteiger partial charge in [0.15, 0.2) is 0 Å². The summed E-state index contributed by atoms with van der Waals surface area (Å²) in [6, 6.07) is 0. The molecule has 0 radical (unpaired) electrons. The third-order valence-corrected chi connectivity index (χ3v) is 1.65. The average molecular weight is 299 g/mol. The quantitative estimate of drug-likeness (QED) is 0.554. The van der Waals surface area contributed by atoms with Gasteiger partial charge in [-0.05, 0) is 43.7 Å². The number of hydrogen-bond acceptors (Lipinski definition) is 3. The minimum atomic E-state index is 0.00278. The maximum atomic E-state index is 8.90. The zero-order chi connectivity index (χ0) is 17.8. The van der Waals surface area contributed by atoms with E-state index in [1.54, 1.807) is 13.3 Å². The first kappa shape index (κ1) is 28.0. The number of hydrogen-bond donors (Lipinski definition) is 1. The number of nitrogens with zero attached hydrogens (tertiary/aromatic N) is 2. The van der Waals surface area contributed by atoms with E-state index in [0.29, 0.717) is 0 Å². The molecule has 0 saturated heterocycles. The van der Waals surface area contributed by atoms with Crippen molar-refractivity contribution in [3.05, 3.63) is 22.9 Å². The van der Waals surface area contributed by atoms with E-state index in [1.165, 1.54) is 0 Å². The molecule has 3 heteroatoms. The first-order chi connectivity index (χ1) is 9.90. The molecule has 0 aromatic heterocycles. The lowest BCUT2D eigenvalue weighted by Gasteiger charge is -2.04. The molecule has 0 atom stereocenters. The summed E-state index contributed by atoms with van der Waals surface area (Å²) in [4.78, 5) is 7.68. The molecule has 0 aliphatic heterocycles. The topological polar surface area (TPSA) is 45.0 Å². The van der Waals surface area contributed by atoms with Crippen molar-refractivity contribution < 1.29 is 5.11 Å². The molecule has 0 unspecified atom stereocenters. The Morgan fingerprint density at radius 2 is 1.48 bits per heavy atom. The van der Waals surface area contributed by atoms with Crippen LogP contribution in [0.3, 0.4) is 0 Å². The van der Waals surface area contributed by atoms with E-state index in [-0.39, 0.29) is 6.61 Å². The van der Waals surface area contributed by atoms with Gasteiger partial charge in [0.2, 0.25) is 0 Å². The van der Waals surface area contributed by atoms with Gasteiger partial charge in [0.05, 0.1) is 12.3 Å². The van der Waals surface area contributed by atoms with Crippen LogP contribution in [0.4, 0.5) is 0 Å². The largest absolute Gasteiger partial charge is 0.392 e. The Morgan fingerprint density at radius 3 is 1.71 bits per heavy atom. The van der Waals surface area contributed by atoms with Crippen LogP contribution in [-0.4, -0.2) is 31.7 Å². The van der Waals surface area contributed by atoms with Crippen LogP contribution >= 0.6 is 0 Å². The van der Waals surface area contributed by atoms with E-state index < -0.39 is 0 Å². The molecule has 0 aromatic carbocycles. The predicted molar refractivity (Wildman–Crippen MR) is 101 cm³/mol. The van der Waals surface area contributed by atoms with Crippen LogP contribution in [-0.2, 0) is 0 Å². The Hall–Kier alpha value is -1.22. The van der Waals surface area contributed by atoms with Gasteiger partial charge in [-0.25, -0.2) is 0 Å². The molecule has 1 N–H and O–H groups in total. The van der Waals surface area contributed by atoms with E-state index >= 15 is 0 Å². The van der Waals surface area contributed by atoms with Crippen molar-refractivity contribution in [1.29, 1.82) is 0 Å². The van der Waals surface area contributed by atoms with Crippen LogP contribution in [0.1, 0.15) is 62.3 Å². The van der Waals surface area contributed by atoms with Crippen molar-refractivity contribution in [2.75, 3.05) is 13.7 Å². The molecule has 0 fully saturated rings. The minimum Gasteiger partial charge on any atom is -0.392 e. The van der Waals surface area contributed by atoms with Crippen LogP contribution in [0.25, 0.3) is 0 Å². The molecule has 0 spiro atoms. The number of allylic oxidation sites excluding steroid dienone is 2. The predicted octanol–water partition coefficient (Wildman–Crippen LogP) is 5.31. The third-order valence-electron chi connectivity index (χ3n) is 1.65. The Bertz CT molecular complexity index is 298. The van der Waals surface area contributed by atoms with Crippen molar-refractivity contribution in [3.63, 3.8) is 0 Å². The monoisotopic (exact) mass is 298 g/mol. The van der Waals surface area contributed by atoms with Crippen LogP contribution in [0.15, 0.2) is 32.9 Å². The van der Waals surface area contributed by atoms with Crippen LogP contribution < -0.4 is 0 Å². The Balaban J connectivity index is -0.000000151. The van der Waals surface area contributed by atoms with Gasteiger partial charge >= 0.3 is 0 Å². The number of aliphatic hydroxyl groups excluding tert-OH is 1. The van der Waals surface area contributed by atoms with E-state index in [2.05, 4.69) is 37.5 Å². The average Bonchev–Trinajstić information content (AvgIpc) is 2.49. The lowest BCUT2D eigenvalue weighted by molar-refractivity contribution is 0.330. The fraction of sp³-hybridized carbons (Fsp3) is 0.667. The molecule has 0 heterocycles. The number of rotatable bonds is 4. The summed E-state index contributed by atoms with van der Waals surface area (Å²) < 4.78 is 0. The highest BCUT2D eigenvalue weighted by atomic mass is 16.3. The SMILES string of the molecule is C=NC(/C(C)=C/C=NC)=C(\C)CO.CC.CC.CC(C)C. The second kappa shape index (κ2) is 23.8.